The Bertz CT molecular complexity index is 1190. The summed E-state index contributed by atoms with van der Waals surface area (Å²) < 4.78 is 10.6. The molecule has 0 bridgehead atoms. The summed E-state index contributed by atoms with van der Waals surface area (Å²) in [6.07, 6.45) is 3.03. The summed E-state index contributed by atoms with van der Waals surface area (Å²) in [6, 6.07) is 15.5. The molecule has 0 atom stereocenters. The first-order valence-corrected chi connectivity index (χ1v) is 9.01. The summed E-state index contributed by atoms with van der Waals surface area (Å²) in [7, 11) is 0. The molecule has 1 amide bonds. The number of nitrogens with one attached hydrogen (secondary N) is 1. The van der Waals surface area contributed by atoms with Gasteiger partial charge in [-0.1, -0.05) is 29.8 Å². The van der Waals surface area contributed by atoms with Gasteiger partial charge in [0.25, 0.3) is 5.91 Å². The molecule has 0 radical (unpaired) electrons. The van der Waals surface area contributed by atoms with E-state index in [2.05, 4.69) is 15.3 Å². The lowest BCUT2D eigenvalue weighted by Crippen LogP contribution is -2.21. The van der Waals surface area contributed by atoms with Crippen molar-refractivity contribution in [2.45, 2.75) is 0 Å². The number of aromatic nitrogens is 2. The maximum Gasteiger partial charge on any atom is 0.339 e. The third-order valence-electron chi connectivity index (χ3n) is 4.08. The molecule has 4 aromatic rings. The number of carbonyl (C=O) groups excluding carboxylic acids is 2. The van der Waals surface area contributed by atoms with Gasteiger partial charge in [-0.2, -0.15) is 0 Å². The summed E-state index contributed by atoms with van der Waals surface area (Å²) in [5.74, 6) is -0.657. The molecule has 8 heteroatoms. The zero-order valence-corrected chi connectivity index (χ0v) is 15.7. The number of rotatable bonds is 5. The lowest BCUT2D eigenvalue weighted by molar-refractivity contribution is -0.119. The van der Waals surface area contributed by atoms with Gasteiger partial charge in [0.2, 0.25) is 0 Å². The van der Waals surface area contributed by atoms with Crippen LogP contribution in [0, 0.1) is 0 Å². The molecule has 0 unspecified atom stereocenters. The number of amides is 1. The summed E-state index contributed by atoms with van der Waals surface area (Å²) in [5, 5.41) is 3.31. The number of para-hydroxylation sites is 1. The molecule has 7 nitrogen and oxygen atoms in total. The average Bonchev–Trinajstić information content (AvgIpc) is 3.28. The normalized spacial score (nSPS) is 10.7. The Hall–Kier alpha value is -3.71. The molecule has 0 aliphatic heterocycles. The Morgan fingerprint density at radius 2 is 1.97 bits per heavy atom. The van der Waals surface area contributed by atoms with Gasteiger partial charge in [0.15, 0.2) is 17.5 Å². The summed E-state index contributed by atoms with van der Waals surface area (Å²) >= 11 is 5.91. The van der Waals surface area contributed by atoms with E-state index < -0.39 is 18.5 Å². The molecule has 0 saturated heterocycles. The summed E-state index contributed by atoms with van der Waals surface area (Å²) in [4.78, 5) is 33.2. The van der Waals surface area contributed by atoms with E-state index in [-0.39, 0.29) is 10.7 Å². The predicted molar refractivity (Wildman–Crippen MR) is 108 cm³/mol. The number of hydrogen-bond donors (Lipinski definition) is 1. The van der Waals surface area contributed by atoms with Crippen LogP contribution in [0.15, 0.2) is 71.5 Å². The van der Waals surface area contributed by atoms with Crippen molar-refractivity contribution in [1.29, 1.82) is 0 Å². The first-order chi connectivity index (χ1) is 14.1. The molecule has 4 rings (SSSR count). The highest BCUT2D eigenvalue weighted by atomic mass is 35.5. The third-order valence-corrected chi connectivity index (χ3v) is 4.38. The molecule has 0 aliphatic rings. The molecule has 3 aromatic heterocycles. The van der Waals surface area contributed by atoms with Gasteiger partial charge >= 0.3 is 5.97 Å². The van der Waals surface area contributed by atoms with Gasteiger partial charge in [0.1, 0.15) is 5.69 Å². The van der Waals surface area contributed by atoms with Crippen LogP contribution in [0.3, 0.4) is 0 Å². The topological polar surface area (TPSA) is 94.3 Å². The van der Waals surface area contributed by atoms with Crippen LogP contribution in [-0.4, -0.2) is 28.5 Å². The highest BCUT2D eigenvalue weighted by molar-refractivity contribution is 6.32. The van der Waals surface area contributed by atoms with E-state index in [0.717, 1.165) is 0 Å². The molecule has 0 aliphatic carbocycles. The summed E-state index contributed by atoms with van der Waals surface area (Å²) in [5.41, 5.74) is 1.73. The van der Waals surface area contributed by atoms with Gasteiger partial charge in [-0.3, -0.25) is 4.79 Å². The zero-order chi connectivity index (χ0) is 20.2. The fraction of sp³-hybridized carbons (Fsp3) is 0.0476. The lowest BCUT2D eigenvalue weighted by atomic mass is 10.1. The van der Waals surface area contributed by atoms with Crippen LogP contribution in [0.2, 0.25) is 5.15 Å². The number of anilines is 1. The van der Waals surface area contributed by atoms with Crippen LogP contribution in [0.5, 0.6) is 0 Å². The monoisotopic (exact) mass is 407 g/mol. The minimum absolute atomic E-state index is 0.149. The number of fused-ring (bicyclic) bond motifs is 1. The van der Waals surface area contributed by atoms with Crippen LogP contribution in [0.1, 0.15) is 10.4 Å². The van der Waals surface area contributed by atoms with Crippen molar-refractivity contribution in [2.75, 3.05) is 11.9 Å². The van der Waals surface area contributed by atoms with Crippen molar-refractivity contribution in [1.82, 2.24) is 9.97 Å². The Labute approximate surface area is 170 Å². The lowest BCUT2D eigenvalue weighted by Gasteiger charge is -2.10. The van der Waals surface area contributed by atoms with Crippen molar-refractivity contribution in [3.05, 3.63) is 77.8 Å². The van der Waals surface area contributed by atoms with E-state index in [1.807, 2.05) is 6.07 Å². The van der Waals surface area contributed by atoms with Crippen LogP contribution >= 0.6 is 11.6 Å². The van der Waals surface area contributed by atoms with Crippen molar-refractivity contribution in [2.24, 2.45) is 0 Å². The predicted octanol–water partition coefficient (Wildman–Crippen LogP) is 4.34. The number of furan rings is 1. The number of esters is 1. The fourth-order valence-electron chi connectivity index (χ4n) is 2.77. The molecule has 144 valence electrons. The maximum atomic E-state index is 12.7. The number of pyridine rings is 2. The minimum Gasteiger partial charge on any atom is -0.463 e. The molecule has 0 spiro atoms. The fourth-order valence-corrected chi connectivity index (χ4v) is 2.94. The zero-order valence-electron chi connectivity index (χ0n) is 15.0. The van der Waals surface area contributed by atoms with Gasteiger partial charge in [0, 0.05) is 11.6 Å². The first-order valence-electron chi connectivity index (χ1n) is 8.63. The van der Waals surface area contributed by atoms with Crippen molar-refractivity contribution in [3.63, 3.8) is 0 Å². The molecule has 1 aromatic carbocycles. The van der Waals surface area contributed by atoms with E-state index in [1.165, 1.54) is 12.5 Å². The van der Waals surface area contributed by atoms with E-state index in [0.29, 0.717) is 28.0 Å². The molecule has 3 heterocycles. The van der Waals surface area contributed by atoms with E-state index in [9.17, 15) is 9.59 Å². The number of carbonyl (C=O) groups is 2. The standard InChI is InChI=1S/C21H14ClN3O4/c22-20-16(7-3-9-23-20)25-19(26)12-29-21(27)14-11-17(18-8-4-10-28-18)24-15-6-2-1-5-13(14)15/h1-11H,12H2,(H,25,26). The van der Waals surface area contributed by atoms with E-state index in [4.69, 9.17) is 20.8 Å². The molecule has 1 N–H and O–H groups in total. The Morgan fingerprint density at radius 1 is 1.10 bits per heavy atom. The second kappa shape index (κ2) is 8.12. The second-order valence-electron chi connectivity index (χ2n) is 6.02. The van der Waals surface area contributed by atoms with Crippen LogP contribution in [0.4, 0.5) is 5.69 Å². The average molecular weight is 408 g/mol. The van der Waals surface area contributed by atoms with E-state index >= 15 is 0 Å². The number of hydrogen-bond acceptors (Lipinski definition) is 6. The Morgan fingerprint density at radius 3 is 2.76 bits per heavy atom. The quantitative estimate of drug-likeness (QED) is 0.390. The maximum absolute atomic E-state index is 12.7. The third kappa shape index (κ3) is 4.09. The highest BCUT2D eigenvalue weighted by Gasteiger charge is 2.17. The molecular formula is C21H14ClN3O4. The summed E-state index contributed by atoms with van der Waals surface area (Å²) in [6.45, 7) is -0.475. The van der Waals surface area contributed by atoms with Gasteiger partial charge in [0.05, 0.1) is 23.0 Å². The Kier molecular flexibility index (Phi) is 5.22. The molecular weight excluding hydrogens is 394 g/mol. The van der Waals surface area contributed by atoms with Gasteiger partial charge in [-0.15, -0.1) is 0 Å². The first kappa shape index (κ1) is 18.6. The highest BCUT2D eigenvalue weighted by Crippen LogP contribution is 2.25. The molecule has 0 fully saturated rings. The van der Waals surface area contributed by atoms with Crippen LogP contribution in [0.25, 0.3) is 22.4 Å². The van der Waals surface area contributed by atoms with Gasteiger partial charge in [-0.25, -0.2) is 14.8 Å². The van der Waals surface area contributed by atoms with Crippen molar-refractivity contribution < 1.29 is 18.7 Å². The largest absolute Gasteiger partial charge is 0.463 e. The number of benzene rings is 1. The molecule has 29 heavy (non-hydrogen) atoms. The smallest absolute Gasteiger partial charge is 0.339 e. The van der Waals surface area contributed by atoms with E-state index in [1.54, 1.807) is 48.5 Å². The Balaban J connectivity index is 1.55. The number of ether oxygens (including phenoxy) is 1. The SMILES string of the molecule is O=C(COC(=O)c1cc(-c2ccco2)nc2ccccc12)Nc1cccnc1Cl. The minimum atomic E-state index is -0.649. The van der Waals surface area contributed by atoms with Crippen LogP contribution in [-0.2, 0) is 9.53 Å². The second-order valence-corrected chi connectivity index (χ2v) is 6.37. The number of halogens is 1. The molecule has 0 saturated carbocycles. The van der Waals surface area contributed by atoms with Gasteiger partial charge < -0.3 is 14.5 Å². The van der Waals surface area contributed by atoms with Crippen LogP contribution < -0.4 is 5.32 Å². The van der Waals surface area contributed by atoms with Crippen molar-refractivity contribution in [3.8, 4) is 11.5 Å². The number of nitrogens with zero attached hydrogens (tertiary/aromatic N) is 2. The van der Waals surface area contributed by atoms with Gasteiger partial charge in [-0.05, 0) is 36.4 Å². The van der Waals surface area contributed by atoms with Crippen molar-refractivity contribution >= 4 is 40.1 Å².